The van der Waals surface area contributed by atoms with Crippen LogP contribution in [0.4, 0.5) is 0 Å². The average Bonchev–Trinajstić information content (AvgIpc) is 2.78. The lowest BCUT2D eigenvalue weighted by Crippen LogP contribution is -2.64. The van der Waals surface area contributed by atoms with Gasteiger partial charge in [0.05, 0.1) is 11.1 Å². The van der Waals surface area contributed by atoms with Gasteiger partial charge in [0.15, 0.2) is 5.58 Å². The van der Waals surface area contributed by atoms with Crippen molar-refractivity contribution in [2.45, 2.75) is 32.4 Å². The van der Waals surface area contributed by atoms with E-state index in [-0.39, 0.29) is 23.4 Å². The molecule has 2 unspecified atom stereocenters. The van der Waals surface area contributed by atoms with Gasteiger partial charge in [-0.3, -0.25) is 9.78 Å². The van der Waals surface area contributed by atoms with Crippen molar-refractivity contribution in [3.8, 4) is 0 Å². The van der Waals surface area contributed by atoms with Crippen LogP contribution in [0.25, 0.3) is 11.1 Å². The molecule has 1 aliphatic rings. The maximum Gasteiger partial charge on any atom is 0.417 e. The van der Waals surface area contributed by atoms with Crippen LogP contribution < -0.4 is 16.8 Å². The lowest BCUT2D eigenvalue weighted by atomic mass is 9.63. The Labute approximate surface area is 115 Å². The number of hydrogen-bond acceptors (Lipinski definition) is 4. The molecule has 1 fully saturated rings. The zero-order valence-corrected chi connectivity index (χ0v) is 11.4. The summed E-state index contributed by atoms with van der Waals surface area (Å²) in [5.41, 5.74) is 7.04. The second-order valence-electron chi connectivity index (χ2n) is 5.88. The van der Waals surface area contributed by atoms with Crippen molar-refractivity contribution >= 4 is 17.0 Å². The Morgan fingerprint density at radius 2 is 2.25 bits per heavy atom. The molecule has 0 spiro atoms. The monoisotopic (exact) mass is 275 g/mol. The number of aromatic nitrogens is 1. The van der Waals surface area contributed by atoms with Crippen LogP contribution >= 0.6 is 0 Å². The third-order valence-electron chi connectivity index (χ3n) is 4.35. The number of carbonyl (C=O) groups is 1. The maximum atomic E-state index is 12.3. The molecule has 0 saturated heterocycles. The zero-order chi connectivity index (χ0) is 14.5. The number of benzene rings is 1. The Bertz CT molecular complexity index is 729. The molecule has 6 heteroatoms. The Balaban J connectivity index is 1.88. The van der Waals surface area contributed by atoms with Crippen molar-refractivity contribution in [3.05, 3.63) is 34.3 Å². The minimum absolute atomic E-state index is 0.0406. The predicted molar refractivity (Wildman–Crippen MR) is 74.5 cm³/mol. The molecule has 0 bridgehead atoms. The lowest BCUT2D eigenvalue weighted by Gasteiger charge is -2.50. The summed E-state index contributed by atoms with van der Waals surface area (Å²) in [4.78, 5) is 26.1. The van der Waals surface area contributed by atoms with Crippen molar-refractivity contribution in [3.63, 3.8) is 0 Å². The first-order chi connectivity index (χ1) is 9.39. The molecule has 1 amide bonds. The van der Waals surface area contributed by atoms with Crippen LogP contribution in [0.2, 0.25) is 0 Å². The normalized spacial score (nSPS) is 24.4. The Hall–Kier alpha value is -2.08. The number of amides is 1. The number of nitrogens with two attached hydrogens (primary N) is 1. The maximum absolute atomic E-state index is 12.3. The number of fused-ring (bicyclic) bond motifs is 1. The molecule has 4 N–H and O–H groups in total. The van der Waals surface area contributed by atoms with Crippen LogP contribution in [-0.4, -0.2) is 23.0 Å². The first-order valence-corrected chi connectivity index (χ1v) is 6.58. The number of para-hydroxylation sites is 1. The van der Waals surface area contributed by atoms with Gasteiger partial charge < -0.3 is 15.5 Å². The van der Waals surface area contributed by atoms with Gasteiger partial charge in [0, 0.05) is 17.5 Å². The number of H-pyrrole nitrogens is 1. The second-order valence-corrected chi connectivity index (χ2v) is 5.88. The molecule has 106 valence electrons. The fourth-order valence-electron chi connectivity index (χ4n) is 2.60. The van der Waals surface area contributed by atoms with E-state index in [0.29, 0.717) is 16.7 Å². The topological polar surface area (TPSA) is 101 Å². The quantitative estimate of drug-likeness (QED) is 0.760. The van der Waals surface area contributed by atoms with Crippen LogP contribution in [0.1, 0.15) is 30.6 Å². The SMILES string of the molecule is CC1(C)C(N)CC1NC(=O)c1cccc2oc(=O)[nH]c12. The van der Waals surface area contributed by atoms with E-state index in [1.165, 1.54) is 0 Å². The molecule has 1 aromatic heterocycles. The average molecular weight is 275 g/mol. The molecule has 0 aliphatic heterocycles. The summed E-state index contributed by atoms with van der Waals surface area (Å²) in [6.45, 7) is 4.07. The van der Waals surface area contributed by atoms with Crippen molar-refractivity contribution in [2.24, 2.45) is 11.1 Å². The second kappa shape index (κ2) is 4.21. The summed E-state index contributed by atoms with van der Waals surface area (Å²) in [5.74, 6) is -0.788. The highest BCUT2D eigenvalue weighted by atomic mass is 16.4. The number of rotatable bonds is 2. The van der Waals surface area contributed by atoms with Crippen LogP contribution in [0.15, 0.2) is 27.4 Å². The minimum Gasteiger partial charge on any atom is -0.408 e. The third-order valence-corrected chi connectivity index (χ3v) is 4.35. The molecule has 3 rings (SSSR count). The smallest absolute Gasteiger partial charge is 0.408 e. The van der Waals surface area contributed by atoms with Crippen molar-refractivity contribution in [1.29, 1.82) is 0 Å². The van der Waals surface area contributed by atoms with Crippen molar-refractivity contribution < 1.29 is 9.21 Å². The first kappa shape index (κ1) is 12.9. The zero-order valence-electron chi connectivity index (χ0n) is 11.4. The van der Waals surface area contributed by atoms with Crippen molar-refractivity contribution in [1.82, 2.24) is 10.3 Å². The molecule has 1 aromatic carbocycles. The van der Waals surface area contributed by atoms with E-state index in [9.17, 15) is 9.59 Å². The van der Waals surface area contributed by atoms with Gasteiger partial charge in [-0.05, 0) is 18.6 Å². The van der Waals surface area contributed by atoms with E-state index in [1.807, 2.05) is 13.8 Å². The van der Waals surface area contributed by atoms with E-state index in [2.05, 4.69) is 10.3 Å². The highest BCUT2D eigenvalue weighted by molar-refractivity contribution is 6.04. The fraction of sp³-hybridized carbons (Fsp3) is 0.429. The van der Waals surface area contributed by atoms with Crippen LogP contribution in [0.3, 0.4) is 0 Å². The molecule has 1 saturated carbocycles. The molecular weight excluding hydrogens is 258 g/mol. The Morgan fingerprint density at radius 3 is 2.90 bits per heavy atom. The van der Waals surface area contributed by atoms with Crippen molar-refractivity contribution in [2.75, 3.05) is 0 Å². The van der Waals surface area contributed by atoms with E-state index in [4.69, 9.17) is 10.2 Å². The number of oxazole rings is 1. The number of aromatic amines is 1. The number of hydrogen-bond donors (Lipinski definition) is 3. The van der Waals surface area contributed by atoms with Gasteiger partial charge in [0.2, 0.25) is 0 Å². The summed E-state index contributed by atoms with van der Waals surface area (Å²) in [5, 5.41) is 2.97. The predicted octanol–water partition coefficient (Wildman–Crippen LogP) is 0.977. The summed E-state index contributed by atoms with van der Waals surface area (Å²) in [7, 11) is 0. The molecule has 1 aliphatic carbocycles. The van der Waals surface area contributed by atoms with E-state index in [0.717, 1.165) is 6.42 Å². The highest BCUT2D eigenvalue weighted by Crippen LogP contribution is 2.39. The number of carbonyl (C=O) groups excluding carboxylic acids is 1. The van der Waals surface area contributed by atoms with E-state index < -0.39 is 5.76 Å². The van der Waals surface area contributed by atoms with Gasteiger partial charge in [-0.25, -0.2) is 4.79 Å². The molecule has 6 nitrogen and oxygen atoms in total. The molecule has 20 heavy (non-hydrogen) atoms. The van der Waals surface area contributed by atoms with Gasteiger partial charge in [0.25, 0.3) is 5.91 Å². The summed E-state index contributed by atoms with van der Waals surface area (Å²) < 4.78 is 4.95. The van der Waals surface area contributed by atoms with Gasteiger partial charge in [-0.1, -0.05) is 19.9 Å². The summed E-state index contributed by atoms with van der Waals surface area (Å²) >= 11 is 0. The van der Waals surface area contributed by atoms with Gasteiger partial charge >= 0.3 is 5.76 Å². The standard InChI is InChI=1S/C14H17N3O3/c1-14(2)9(15)6-10(14)16-12(18)7-4-3-5-8-11(7)17-13(19)20-8/h3-5,9-10H,6,15H2,1-2H3,(H,16,18)(H,17,19). The van der Waals surface area contributed by atoms with E-state index >= 15 is 0 Å². The first-order valence-electron chi connectivity index (χ1n) is 6.58. The lowest BCUT2D eigenvalue weighted by molar-refractivity contribution is 0.0587. The minimum atomic E-state index is -0.564. The summed E-state index contributed by atoms with van der Waals surface area (Å²) in [6.07, 6.45) is 0.761. The Kier molecular flexibility index (Phi) is 2.72. The Morgan fingerprint density at radius 1 is 1.50 bits per heavy atom. The summed E-state index contributed by atoms with van der Waals surface area (Å²) in [6, 6.07) is 5.13. The van der Waals surface area contributed by atoms with Crippen LogP contribution in [0.5, 0.6) is 0 Å². The number of nitrogens with one attached hydrogen (secondary N) is 2. The molecule has 0 radical (unpaired) electrons. The van der Waals surface area contributed by atoms with Crippen LogP contribution in [0, 0.1) is 5.41 Å². The molecular formula is C14H17N3O3. The third kappa shape index (κ3) is 1.84. The molecule has 2 atom stereocenters. The van der Waals surface area contributed by atoms with Gasteiger partial charge in [0.1, 0.15) is 0 Å². The largest absolute Gasteiger partial charge is 0.417 e. The fourth-order valence-corrected chi connectivity index (χ4v) is 2.60. The van der Waals surface area contributed by atoms with E-state index in [1.54, 1.807) is 18.2 Å². The van der Waals surface area contributed by atoms with Gasteiger partial charge in [-0.2, -0.15) is 0 Å². The molecule has 1 heterocycles. The van der Waals surface area contributed by atoms with Crippen LogP contribution in [-0.2, 0) is 0 Å². The highest BCUT2D eigenvalue weighted by Gasteiger charge is 2.46. The molecule has 2 aromatic rings. The van der Waals surface area contributed by atoms with Gasteiger partial charge in [-0.15, -0.1) is 0 Å².